The Labute approximate surface area is 91.6 Å². The minimum Gasteiger partial charge on any atom is -0.388 e. The number of aromatic amines is 1. The van der Waals surface area contributed by atoms with E-state index in [1.54, 1.807) is 11.9 Å². The van der Waals surface area contributed by atoms with Crippen molar-refractivity contribution in [1.29, 1.82) is 5.41 Å². The standard InChI is InChI=1S/C8H12ClN5O/c1-14(3-2-5(10)11)7-6(9)8(15)13-4-12-7/h4H,2-3H2,1H3,(H3,10,11)(H,12,13,15). The number of rotatable bonds is 4. The summed E-state index contributed by atoms with van der Waals surface area (Å²) < 4.78 is 0. The molecule has 1 heterocycles. The summed E-state index contributed by atoms with van der Waals surface area (Å²) in [6, 6.07) is 0. The molecule has 1 rings (SSSR count). The van der Waals surface area contributed by atoms with E-state index in [0.29, 0.717) is 18.8 Å². The van der Waals surface area contributed by atoms with Crippen molar-refractivity contribution in [2.75, 3.05) is 18.5 Å². The second-order valence-corrected chi connectivity index (χ2v) is 3.44. The van der Waals surface area contributed by atoms with E-state index in [0.717, 1.165) is 0 Å². The van der Waals surface area contributed by atoms with Gasteiger partial charge in [0, 0.05) is 20.0 Å². The fraction of sp³-hybridized carbons (Fsp3) is 0.375. The molecule has 0 unspecified atom stereocenters. The quantitative estimate of drug-likeness (QED) is 0.507. The smallest absolute Gasteiger partial charge is 0.271 e. The van der Waals surface area contributed by atoms with Gasteiger partial charge in [0.05, 0.1) is 12.2 Å². The van der Waals surface area contributed by atoms with Gasteiger partial charge in [0.15, 0.2) is 5.82 Å². The SMILES string of the molecule is CN(CCC(=N)N)c1nc[nH]c(=O)c1Cl. The van der Waals surface area contributed by atoms with E-state index < -0.39 is 0 Å². The Bertz CT molecular complexity index is 416. The van der Waals surface area contributed by atoms with Crippen LogP contribution in [0.3, 0.4) is 0 Å². The number of nitrogens with one attached hydrogen (secondary N) is 2. The van der Waals surface area contributed by atoms with Crippen LogP contribution in [0.15, 0.2) is 11.1 Å². The maximum Gasteiger partial charge on any atom is 0.271 e. The van der Waals surface area contributed by atoms with E-state index in [1.807, 2.05) is 0 Å². The Morgan fingerprint density at radius 2 is 2.47 bits per heavy atom. The first-order chi connectivity index (χ1) is 7.02. The summed E-state index contributed by atoms with van der Waals surface area (Å²) >= 11 is 5.77. The number of hydrogen-bond acceptors (Lipinski definition) is 4. The molecule has 0 fully saturated rings. The average Bonchev–Trinajstić information content (AvgIpc) is 2.18. The van der Waals surface area contributed by atoms with Crippen LogP contribution < -0.4 is 16.2 Å². The van der Waals surface area contributed by atoms with Crippen LogP contribution in [0.4, 0.5) is 5.82 Å². The van der Waals surface area contributed by atoms with Crippen molar-refractivity contribution < 1.29 is 0 Å². The zero-order valence-electron chi connectivity index (χ0n) is 8.25. The lowest BCUT2D eigenvalue weighted by Crippen LogP contribution is -2.26. The Morgan fingerprint density at radius 3 is 3.07 bits per heavy atom. The van der Waals surface area contributed by atoms with Gasteiger partial charge in [-0.15, -0.1) is 0 Å². The van der Waals surface area contributed by atoms with E-state index in [2.05, 4.69) is 9.97 Å². The van der Waals surface area contributed by atoms with Gasteiger partial charge >= 0.3 is 0 Å². The molecule has 15 heavy (non-hydrogen) atoms. The van der Waals surface area contributed by atoms with Crippen molar-refractivity contribution in [1.82, 2.24) is 9.97 Å². The Balaban J connectivity index is 2.82. The molecule has 0 saturated carbocycles. The lowest BCUT2D eigenvalue weighted by Gasteiger charge is -2.17. The molecule has 0 aliphatic carbocycles. The van der Waals surface area contributed by atoms with Crippen molar-refractivity contribution in [3.63, 3.8) is 0 Å². The first kappa shape index (κ1) is 11.5. The molecular formula is C8H12ClN5O. The van der Waals surface area contributed by atoms with Gasteiger partial charge in [-0.1, -0.05) is 11.6 Å². The van der Waals surface area contributed by atoms with Crippen molar-refractivity contribution >= 4 is 23.3 Å². The van der Waals surface area contributed by atoms with Crippen LogP contribution >= 0.6 is 11.6 Å². The monoisotopic (exact) mass is 229 g/mol. The number of anilines is 1. The van der Waals surface area contributed by atoms with Crippen molar-refractivity contribution in [2.24, 2.45) is 5.73 Å². The van der Waals surface area contributed by atoms with Crippen LogP contribution in [-0.4, -0.2) is 29.4 Å². The molecule has 0 saturated heterocycles. The molecule has 0 atom stereocenters. The zero-order chi connectivity index (χ0) is 11.4. The van der Waals surface area contributed by atoms with Crippen LogP contribution in [0.2, 0.25) is 5.02 Å². The van der Waals surface area contributed by atoms with Gasteiger partial charge in [-0.05, 0) is 0 Å². The fourth-order valence-electron chi connectivity index (χ4n) is 1.03. The van der Waals surface area contributed by atoms with E-state index in [4.69, 9.17) is 22.7 Å². The van der Waals surface area contributed by atoms with Gasteiger partial charge in [-0.3, -0.25) is 10.2 Å². The lowest BCUT2D eigenvalue weighted by molar-refractivity contribution is 0.881. The highest BCUT2D eigenvalue weighted by Crippen LogP contribution is 2.16. The minimum atomic E-state index is -0.378. The topological polar surface area (TPSA) is 98.9 Å². The maximum atomic E-state index is 11.2. The van der Waals surface area contributed by atoms with Crippen LogP contribution in [-0.2, 0) is 0 Å². The summed E-state index contributed by atoms with van der Waals surface area (Å²) in [4.78, 5) is 19.2. The van der Waals surface area contributed by atoms with E-state index >= 15 is 0 Å². The molecule has 0 aliphatic rings. The number of aromatic nitrogens is 2. The maximum absolute atomic E-state index is 11.2. The summed E-state index contributed by atoms with van der Waals surface area (Å²) in [5.41, 5.74) is 4.84. The summed E-state index contributed by atoms with van der Waals surface area (Å²) in [5, 5.41) is 7.12. The normalized spacial score (nSPS) is 10.0. The van der Waals surface area contributed by atoms with Crippen LogP contribution in [0.25, 0.3) is 0 Å². The van der Waals surface area contributed by atoms with Crippen LogP contribution in [0.5, 0.6) is 0 Å². The van der Waals surface area contributed by atoms with Crippen LogP contribution in [0, 0.1) is 5.41 Å². The minimum absolute atomic E-state index is 0.0450. The molecule has 0 bridgehead atoms. The molecule has 1 aromatic heterocycles. The molecule has 4 N–H and O–H groups in total. The van der Waals surface area contributed by atoms with E-state index in [-0.39, 0.29) is 16.4 Å². The number of halogens is 1. The summed E-state index contributed by atoms with van der Waals surface area (Å²) in [5.74, 6) is 0.476. The molecular weight excluding hydrogens is 218 g/mol. The first-order valence-electron chi connectivity index (χ1n) is 4.29. The van der Waals surface area contributed by atoms with Gasteiger partial charge in [0.1, 0.15) is 5.02 Å². The Morgan fingerprint density at radius 1 is 1.80 bits per heavy atom. The number of H-pyrrole nitrogens is 1. The molecule has 7 heteroatoms. The predicted molar refractivity (Wildman–Crippen MR) is 59.7 cm³/mol. The van der Waals surface area contributed by atoms with Crippen LogP contribution in [0.1, 0.15) is 6.42 Å². The number of amidine groups is 1. The molecule has 0 radical (unpaired) electrons. The molecule has 1 aromatic rings. The molecule has 0 amide bonds. The Hall–Kier alpha value is -1.56. The largest absolute Gasteiger partial charge is 0.388 e. The highest BCUT2D eigenvalue weighted by atomic mass is 35.5. The average molecular weight is 230 g/mol. The molecule has 0 spiro atoms. The highest BCUT2D eigenvalue weighted by molar-refractivity contribution is 6.32. The van der Waals surface area contributed by atoms with Crippen molar-refractivity contribution in [3.8, 4) is 0 Å². The number of hydrogen-bond donors (Lipinski definition) is 3. The van der Waals surface area contributed by atoms with Crippen molar-refractivity contribution in [2.45, 2.75) is 6.42 Å². The second-order valence-electron chi connectivity index (χ2n) is 3.07. The highest BCUT2D eigenvalue weighted by Gasteiger charge is 2.10. The third kappa shape index (κ3) is 2.95. The molecule has 0 aliphatic heterocycles. The van der Waals surface area contributed by atoms with Crippen molar-refractivity contribution in [3.05, 3.63) is 21.7 Å². The molecule has 82 valence electrons. The Kier molecular flexibility index (Phi) is 3.68. The predicted octanol–water partition coefficient (Wildman–Crippen LogP) is 0.186. The third-order valence-corrected chi connectivity index (χ3v) is 2.20. The fourth-order valence-corrected chi connectivity index (χ4v) is 1.28. The first-order valence-corrected chi connectivity index (χ1v) is 4.67. The van der Waals surface area contributed by atoms with Gasteiger partial charge in [-0.2, -0.15) is 0 Å². The van der Waals surface area contributed by atoms with Gasteiger partial charge in [0.25, 0.3) is 5.56 Å². The van der Waals surface area contributed by atoms with Gasteiger partial charge < -0.3 is 15.6 Å². The summed E-state index contributed by atoms with van der Waals surface area (Å²) in [6.07, 6.45) is 1.69. The molecule has 0 aromatic carbocycles. The summed E-state index contributed by atoms with van der Waals surface area (Å²) in [7, 11) is 1.73. The number of nitrogens with two attached hydrogens (primary N) is 1. The molecule has 6 nitrogen and oxygen atoms in total. The zero-order valence-corrected chi connectivity index (χ0v) is 9.01. The van der Waals surface area contributed by atoms with E-state index in [1.165, 1.54) is 6.33 Å². The lowest BCUT2D eigenvalue weighted by atomic mass is 10.3. The second kappa shape index (κ2) is 4.79. The number of nitrogens with zero attached hydrogens (tertiary/aromatic N) is 2. The van der Waals surface area contributed by atoms with Gasteiger partial charge in [-0.25, -0.2) is 4.98 Å². The van der Waals surface area contributed by atoms with E-state index in [9.17, 15) is 4.79 Å². The van der Waals surface area contributed by atoms with Gasteiger partial charge in [0.2, 0.25) is 0 Å². The third-order valence-electron chi connectivity index (χ3n) is 1.86. The summed E-state index contributed by atoms with van der Waals surface area (Å²) in [6.45, 7) is 0.492.